The number of hydrogen-bond donors (Lipinski definition) is 2. The van der Waals surface area contributed by atoms with Crippen LogP contribution in [-0.2, 0) is 14.4 Å². The second-order valence-corrected chi connectivity index (χ2v) is 5.42. The predicted octanol–water partition coefficient (Wildman–Crippen LogP) is -0.875. The van der Waals surface area contributed by atoms with Gasteiger partial charge in [0, 0.05) is 32.2 Å². The third-order valence-electron chi connectivity index (χ3n) is 3.87. The molecule has 0 spiro atoms. The van der Waals surface area contributed by atoms with E-state index in [1.807, 2.05) is 17.6 Å². The Hall–Kier alpha value is -2.81. The van der Waals surface area contributed by atoms with Gasteiger partial charge in [-0.1, -0.05) is 6.07 Å². The Bertz CT molecular complexity index is 629. The minimum Gasteiger partial charge on any atom is -0.497 e. The normalized spacial score (nSPS) is 14.0. The summed E-state index contributed by atoms with van der Waals surface area (Å²) in [4.78, 5) is 38.1. The topological polar surface area (TPSA) is 114 Å². The second kappa shape index (κ2) is 8.88. The van der Waals surface area contributed by atoms with Gasteiger partial charge < -0.3 is 19.3 Å². The zero-order valence-electron chi connectivity index (χ0n) is 14.1. The standard InChI is InChI=1S/C16H22N4O5/c1-24-12-3-2-4-13(11-12)25-10-5-14(21)19-6-8-20(9-7-19)16(23)15(22)18-17/h2-4,11H,5-10,17H2,1H3,(H,18,22). The molecule has 1 aliphatic rings. The molecule has 3 N–H and O–H groups in total. The molecule has 0 radical (unpaired) electrons. The molecule has 3 amide bonds. The average Bonchev–Trinajstić information content (AvgIpc) is 2.67. The lowest BCUT2D eigenvalue weighted by atomic mass is 10.2. The highest BCUT2D eigenvalue weighted by Crippen LogP contribution is 2.19. The summed E-state index contributed by atoms with van der Waals surface area (Å²) in [5.74, 6) is 4.67. The Morgan fingerprint density at radius 3 is 2.40 bits per heavy atom. The van der Waals surface area contributed by atoms with Crippen LogP contribution in [0.25, 0.3) is 0 Å². The van der Waals surface area contributed by atoms with E-state index in [0.29, 0.717) is 37.7 Å². The van der Waals surface area contributed by atoms with Crippen molar-refractivity contribution in [2.45, 2.75) is 6.42 Å². The largest absolute Gasteiger partial charge is 0.497 e. The first-order valence-corrected chi connectivity index (χ1v) is 7.89. The number of nitrogens with zero attached hydrogens (tertiary/aromatic N) is 2. The van der Waals surface area contributed by atoms with E-state index < -0.39 is 11.8 Å². The van der Waals surface area contributed by atoms with Crippen molar-refractivity contribution in [3.05, 3.63) is 24.3 Å². The third kappa shape index (κ3) is 5.08. The number of benzene rings is 1. The molecule has 0 saturated carbocycles. The quantitative estimate of drug-likeness (QED) is 0.309. The zero-order chi connectivity index (χ0) is 18.2. The lowest BCUT2D eigenvalue weighted by molar-refractivity contribution is -0.148. The number of carbonyl (C=O) groups excluding carboxylic acids is 3. The van der Waals surface area contributed by atoms with Gasteiger partial charge in [0.25, 0.3) is 0 Å². The fourth-order valence-electron chi connectivity index (χ4n) is 2.47. The molecule has 0 aliphatic carbocycles. The highest BCUT2D eigenvalue weighted by Gasteiger charge is 2.27. The number of nitrogens with two attached hydrogens (primary N) is 1. The van der Waals surface area contributed by atoms with E-state index in [1.54, 1.807) is 24.1 Å². The van der Waals surface area contributed by atoms with Crippen molar-refractivity contribution < 1.29 is 23.9 Å². The highest BCUT2D eigenvalue weighted by atomic mass is 16.5. The minimum absolute atomic E-state index is 0.0572. The molecule has 2 rings (SSSR count). The molecule has 1 aromatic carbocycles. The molecule has 25 heavy (non-hydrogen) atoms. The number of ether oxygens (including phenoxy) is 2. The van der Waals surface area contributed by atoms with E-state index in [4.69, 9.17) is 15.3 Å². The maximum atomic E-state index is 12.2. The molecule has 1 aliphatic heterocycles. The van der Waals surface area contributed by atoms with Crippen molar-refractivity contribution in [2.75, 3.05) is 39.9 Å². The van der Waals surface area contributed by atoms with Gasteiger partial charge in [0.2, 0.25) is 5.91 Å². The van der Waals surface area contributed by atoms with Crippen LogP contribution in [-0.4, -0.2) is 67.4 Å². The lowest BCUT2D eigenvalue weighted by Gasteiger charge is -2.34. The molecule has 9 nitrogen and oxygen atoms in total. The maximum absolute atomic E-state index is 12.2. The molecule has 1 fully saturated rings. The summed E-state index contributed by atoms with van der Waals surface area (Å²) >= 11 is 0. The lowest BCUT2D eigenvalue weighted by Crippen LogP contribution is -2.54. The number of carbonyl (C=O) groups is 3. The SMILES string of the molecule is COc1cccc(OCCC(=O)N2CCN(C(=O)C(=O)NN)CC2)c1. The number of nitrogens with one attached hydrogen (secondary N) is 1. The molecular formula is C16H22N4O5. The summed E-state index contributed by atoms with van der Waals surface area (Å²) in [5, 5.41) is 0. The van der Waals surface area contributed by atoms with Gasteiger partial charge in [-0.2, -0.15) is 0 Å². The van der Waals surface area contributed by atoms with Crippen LogP contribution in [0.15, 0.2) is 24.3 Å². The first kappa shape index (κ1) is 18.5. The van der Waals surface area contributed by atoms with Crippen molar-refractivity contribution in [1.82, 2.24) is 15.2 Å². The molecule has 0 bridgehead atoms. The van der Waals surface area contributed by atoms with Crippen molar-refractivity contribution in [3.63, 3.8) is 0 Å². The zero-order valence-corrected chi connectivity index (χ0v) is 14.1. The van der Waals surface area contributed by atoms with E-state index in [2.05, 4.69) is 0 Å². The highest BCUT2D eigenvalue weighted by molar-refractivity contribution is 6.34. The van der Waals surface area contributed by atoms with Gasteiger partial charge in [-0.15, -0.1) is 0 Å². The fourth-order valence-corrected chi connectivity index (χ4v) is 2.47. The molecule has 0 atom stereocenters. The Kier molecular flexibility index (Phi) is 6.58. The van der Waals surface area contributed by atoms with Crippen LogP contribution >= 0.6 is 0 Å². The first-order valence-electron chi connectivity index (χ1n) is 7.89. The monoisotopic (exact) mass is 350 g/mol. The van der Waals surface area contributed by atoms with Crippen LogP contribution in [0.3, 0.4) is 0 Å². The Morgan fingerprint density at radius 2 is 1.76 bits per heavy atom. The van der Waals surface area contributed by atoms with Gasteiger partial charge in [0.1, 0.15) is 11.5 Å². The van der Waals surface area contributed by atoms with Gasteiger partial charge in [0.05, 0.1) is 20.1 Å². The summed E-state index contributed by atoms with van der Waals surface area (Å²) in [7, 11) is 1.57. The van der Waals surface area contributed by atoms with Crippen LogP contribution in [0, 0.1) is 0 Å². The number of methoxy groups -OCH3 is 1. The van der Waals surface area contributed by atoms with Crippen LogP contribution in [0.2, 0.25) is 0 Å². The second-order valence-electron chi connectivity index (χ2n) is 5.42. The Balaban J connectivity index is 1.73. The van der Waals surface area contributed by atoms with Crippen molar-refractivity contribution >= 4 is 17.7 Å². The fraction of sp³-hybridized carbons (Fsp3) is 0.438. The van der Waals surface area contributed by atoms with Crippen LogP contribution < -0.4 is 20.7 Å². The molecular weight excluding hydrogens is 328 g/mol. The molecule has 1 heterocycles. The van der Waals surface area contributed by atoms with Crippen molar-refractivity contribution in [2.24, 2.45) is 5.84 Å². The van der Waals surface area contributed by atoms with E-state index in [9.17, 15) is 14.4 Å². The average molecular weight is 350 g/mol. The van der Waals surface area contributed by atoms with E-state index >= 15 is 0 Å². The van der Waals surface area contributed by atoms with E-state index in [-0.39, 0.29) is 18.9 Å². The van der Waals surface area contributed by atoms with Crippen molar-refractivity contribution in [3.8, 4) is 11.5 Å². The van der Waals surface area contributed by atoms with Gasteiger partial charge in [0.15, 0.2) is 0 Å². The van der Waals surface area contributed by atoms with Gasteiger partial charge >= 0.3 is 11.8 Å². The van der Waals surface area contributed by atoms with E-state index in [0.717, 1.165) is 0 Å². The summed E-state index contributed by atoms with van der Waals surface area (Å²) in [6.45, 7) is 1.60. The van der Waals surface area contributed by atoms with Crippen molar-refractivity contribution in [1.29, 1.82) is 0 Å². The molecule has 0 aromatic heterocycles. The maximum Gasteiger partial charge on any atom is 0.323 e. The minimum atomic E-state index is -0.855. The van der Waals surface area contributed by atoms with E-state index in [1.165, 1.54) is 4.90 Å². The first-order chi connectivity index (χ1) is 12.0. The van der Waals surface area contributed by atoms with Gasteiger partial charge in [-0.25, -0.2) is 5.84 Å². The molecule has 1 aromatic rings. The van der Waals surface area contributed by atoms with Gasteiger partial charge in [-0.05, 0) is 12.1 Å². The predicted molar refractivity (Wildman–Crippen MR) is 88.6 cm³/mol. The summed E-state index contributed by atoms with van der Waals surface area (Å²) in [6.07, 6.45) is 0.231. The summed E-state index contributed by atoms with van der Waals surface area (Å²) in [6, 6.07) is 7.16. The number of amides is 3. The molecule has 0 unspecified atom stereocenters. The number of hydrogen-bond acceptors (Lipinski definition) is 6. The van der Waals surface area contributed by atoms with Crippen LogP contribution in [0.1, 0.15) is 6.42 Å². The number of piperazine rings is 1. The Labute approximate surface area is 145 Å². The smallest absolute Gasteiger partial charge is 0.323 e. The molecule has 1 saturated heterocycles. The summed E-state index contributed by atoms with van der Waals surface area (Å²) < 4.78 is 10.7. The molecule has 9 heteroatoms. The third-order valence-corrected chi connectivity index (χ3v) is 3.87. The van der Waals surface area contributed by atoms with Gasteiger partial charge in [-0.3, -0.25) is 19.8 Å². The van der Waals surface area contributed by atoms with Crippen LogP contribution in [0.4, 0.5) is 0 Å². The Morgan fingerprint density at radius 1 is 1.12 bits per heavy atom. The van der Waals surface area contributed by atoms with Crippen LogP contribution in [0.5, 0.6) is 11.5 Å². The number of rotatable bonds is 5. The molecule has 136 valence electrons. The number of hydrazine groups is 1. The summed E-state index contributed by atoms with van der Waals surface area (Å²) in [5.41, 5.74) is 1.81.